The number of halogens is 3. The third-order valence-electron chi connectivity index (χ3n) is 7.66. The first-order valence-corrected chi connectivity index (χ1v) is 15.2. The molecule has 6 nitrogen and oxygen atoms in total. The van der Waals surface area contributed by atoms with Crippen molar-refractivity contribution in [3.05, 3.63) is 95.1 Å². The standard InChI is InChI=1S/C32H35Cl3N2O4/c33-32(34,35)31(39)36-19-23-6-4-7-25(16-23)26-8-5-9-27(17-26)30-40-28(20-37-14-2-1-3-15-37)18-29(41-30)24-12-10-22(21-38)11-13-24/h4-13,16-17,28-30,38H,1-3,14-15,18-21H2,(H,36,39)/t28-,29+,30+/m1/s1. The monoisotopic (exact) mass is 616 g/mol. The predicted molar refractivity (Wildman–Crippen MR) is 163 cm³/mol. The minimum absolute atomic E-state index is 0.0163. The minimum Gasteiger partial charge on any atom is -0.392 e. The number of carbonyl (C=O) groups is 1. The molecule has 5 rings (SSSR count). The maximum atomic E-state index is 12.0. The molecule has 9 heteroatoms. The number of nitrogens with zero attached hydrogens (tertiary/aromatic N) is 1. The molecule has 0 aliphatic carbocycles. The second kappa shape index (κ2) is 13.9. The van der Waals surface area contributed by atoms with Crippen LogP contribution in [-0.2, 0) is 27.4 Å². The molecule has 0 spiro atoms. The molecule has 1 amide bonds. The Kier molecular flexibility index (Phi) is 10.3. The molecule has 3 atom stereocenters. The summed E-state index contributed by atoms with van der Waals surface area (Å²) in [6.07, 6.45) is 3.91. The highest BCUT2D eigenvalue weighted by atomic mass is 35.6. The van der Waals surface area contributed by atoms with E-state index < -0.39 is 16.0 Å². The van der Waals surface area contributed by atoms with Crippen LogP contribution in [0.25, 0.3) is 11.1 Å². The van der Waals surface area contributed by atoms with Gasteiger partial charge in [0, 0.05) is 25.1 Å². The Morgan fingerprint density at radius 3 is 2.29 bits per heavy atom. The predicted octanol–water partition coefficient (Wildman–Crippen LogP) is 6.86. The van der Waals surface area contributed by atoms with Gasteiger partial charge in [0.2, 0.25) is 0 Å². The van der Waals surface area contributed by atoms with Crippen LogP contribution < -0.4 is 5.32 Å². The Labute approximate surface area is 256 Å². The second-order valence-electron chi connectivity index (χ2n) is 10.7. The van der Waals surface area contributed by atoms with E-state index in [0.29, 0.717) is 0 Å². The first-order chi connectivity index (χ1) is 19.8. The van der Waals surface area contributed by atoms with E-state index in [4.69, 9.17) is 44.3 Å². The number of ether oxygens (including phenoxy) is 2. The average molecular weight is 618 g/mol. The van der Waals surface area contributed by atoms with Gasteiger partial charge in [0.15, 0.2) is 6.29 Å². The highest BCUT2D eigenvalue weighted by molar-refractivity contribution is 6.76. The minimum atomic E-state index is -2.00. The van der Waals surface area contributed by atoms with Gasteiger partial charge in [0.25, 0.3) is 9.70 Å². The molecule has 3 aromatic carbocycles. The van der Waals surface area contributed by atoms with Crippen LogP contribution in [0.5, 0.6) is 0 Å². The second-order valence-corrected chi connectivity index (χ2v) is 13.0. The molecule has 2 aliphatic rings. The number of aliphatic hydroxyl groups excluding tert-OH is 1. The quantitative estimate of drug-likeness (QED) is 0.270. The van der Waals surface area contributed by atoms with Crippen LogP contribution in [0.3, 0.4) is 0 Å². The lowest BCUT2D eigenvalue weighted by Crippen LogP contribution is -2.41. The Morgan fingerprint density at radius 1 is 0.878 bits per heavy atom. The Hall–Kier alpha value is -2.16. The van der Waals surface area contributed by atoms with Crippen molar-refractivity contribution in [1.82, 2.24) is 10.2 Å². The molecule has 0 aromatic heterocycles. The third-order valence-corrected chi connectivity index (χ3v) is 8.17. The van der Waals surface area contributed by atoms with Crippen LogP contribution in [0.1, 0.15) is 60.3 Å². The summed E-state index contributed by atoms with van der Waals surface area (Å²) in [6, 6.07) is 24.0. The number of benzene rings is 3. The molecule has 2 N–H and O–H groups in total. The summed E-state index contributed by atoms with van der Waals surface area (Å²) in [5, 5.41) is 12.1. The summed E-state index contributed by atoms with van der Waals surface area (Å²) >= 11 is 17.0. The number of piperidine rings is 1. The summed E-state index contributed by atoms with van der Waals surface area (Å²) in [5.74, 6) is -0.666. The first-order valence-electron chi connectivity index (χ1n) is 14.1. The van der Waals surface area contributed by atoms with Crippen molar-refractivity contribution in [2.45, 2.75) is 61.1 Å². The van der Waals surface area contributed by atoms with E-state index in [9.17, 15) is 9.90 Å². The lowest BCUT2D eigenvalue weighted by molar-refractivity contribution is -0.253. The molecule has 0 unspecified atom stereocenters. The molecule has 0 saturated carbocycles. The topological polar surface area (TPSA) is 71.0 Å². The van der Waals surface area contributed by atoms with Gasteiger partial charge in [-0.2, -0.15) is 0 Å². The highest BCUT2D eigenvalue weighted by Gasteiger charge is 2.33. The molecule has 2 fully saturated rings. The van der Waals surface area contributed by atoms with Crippen molar-refractivity contribution in [3.8, 4) is 11.1 Å². The van der Waals surface area contributed by atoms with Crippen LogP contribution in [-0.4, -0.2) is 45.4 Å². The van der Waals surface area contributed by atoms with Gasteiger partial charge in [-0.1, -0.05) is 102 Å². The van der Waals surface area contributed by atoms with Crippen molar-refractivity contribution in [3.63, 3.8) is 0 Å². The van der Waals surface area contributed by atoms with Crippen molar-refractivity contribution >= 4 is 40.7 Å². The number of rotatable bonds is 8. The van der Waals surface area contributed by atoms with E-state index in [1.807, 2.05) is 66.7 Å². The van der Waals surface area contributed by atoms with E-state index in [2.05, 4.69) is 16.3 Å². The fourth-order valence-electron chi connectivity index (χ4n) is 5.47. The zero-order chi connectivity index (χ0) is 28.8. The normalized spacial score (nSPS) is 21.9. The number of hydrogen-bond acceptors (Lipinski definition) is 5. The molecule has 2 aliphatic heterocycles. The largest absolute Gasteiger partial charge is 0.392 e. The van der Waals surface area contributed by atoms with Gasteiger partial charge in [0.05, 0.1) is 18.8 Å². The maximum absolute atomic E-state index is 12.0. The Bertz CT molecular complexity index is 1310. The third kappa shape index (κ3) is 8.23. The van der Waals surface area contributed by atoms with Crippen molar-refractivity contribution < 1.29 is 19.4 Å². The first kappa shape index (κ1) is 30.3. The number of nitrogens with one attached hydrogen (secondary N) is 1. The van der Waals surface area contributed by atoms with Crippen molar-refractivity contribution in [1.29, 1.82) is 0 Å². The fourth-order valence-corrected chi connectivity index (χ4v) is 5.67. The lowest BCUT2D eigenvalue weighted by Gasteiger charge is -2.39. The van der Waals surface area contributed by atoms with Gasteiger partial charge >= 0.3 is 0 Å². The number of amides is 1. The average Bonchev–Trinajstić information content (AvgIpc) is 3.00. The number of carbonyl (C=O) groups excluding carboxylic acids is 1. The molecule has 218 valence electrons. The Balaban J connectivity index is 1.35. The summed E-state index contributed by atoms with van der Waals surface area (Å²) in [7, 11) is 0. The van der Waals surface area contributed by atoms with Gasteiger partial charge in [-0.15, -0.1) is 0 Å². The summed E-state index contributed by atoms with van der Waals surface area (Å²) in [5.41, 5.74) is 5.78. The molecular weight excluding hydrogens is 583 g/mol. The van der Waals surface area contributed by atoms with E-state index in [1.54, 1.807) is 0 Å². The molecular formula is C32H35Cl3N2O4. The summed E-state index contributed by atoms with van der Waals surface area (Å²) in [4.78, 5) is 14.5. The SMILES string of the molecule is O=C(NCc1cccc(-c2cccc([C@H]3O[C@@H](CN4CCCCC4)C[C@@H](c4ccc(CO)cc4)O3)c2)c1)C(Cl)(Cl)Cl. The number of alkyl halides is 3. The van der Waals surface area contributed by atoms with E-state index in [-0.39, 0.29) is 25.4 Å². The molecule has 41 heavy (non-hydrogen) atoms. The van der Waals surface area contributed by atoms with Crippen LogP contribution in [0.15, 0.2) is 72.8 Å². The van der Waals surface area contributed by atoms with Gasteiger partial charge in [-0.25, -0.2) is 0 Å². The zero-order valence-corrected chi connectivity index (χ0v) is 25.0. The van der Waals surface area contributed by atoms with Crippen LogP contribution in [0, 0.1) is 0 Å². The van der Waals surface area contributed by atoms with E-state index in [0.717, 1.165) is 59.4 Å². The molecule has 2 heterocycles. The van der Waals surface area contributed by atoms with Crippen LogP contribution in [0.2, 0.25) is 0 Å². The van der Waals surface area contributed by atoms with Crippen LogP contribution >= 0.6 is 34.8 Å². The summed E-state index contributed by atoms with van der Waals surface area (Å²) in [6.45, 7) is 3.35. The fraction of sp³-hybridized carbons (Fsp3) is 0.406. The molecule has 0 radical (unpaired) electrons. The van der Waals surface area contributed by atoms with Gasteiger partial charge < -0.3 is 24.8 Å². The smallest absolute Gasteiger partial charge is 0.272 e. The highest BCUT2D eigenvalue weighted by Crippen LogP contribution is 2.39. The van der Waals surface area contributed by atoms with Crippen LogP contribution in [0.4, 0.5) is 0 Å². The maximum Gasteiger partial charge on any atom is 0.272 e. The van der Waals surface area contributed by atoms with Crippen molar-refractivity contribution in [2.24, 2.45) is 0 Å². The number of hydrogen-bond donors (Lipinski definition) is 2. The van der Waals surface area contributed by atoms with Gasteiger partial charge in [0.1, 0.15) is 0 Å². The van der Waals surface area contributed by atoms with Gasteiger partial charge in [-0.3, -0.25) is 4.79 Å². The molecule has 3 aromatic rings. The summed E-state index contributed by atoms with van der Waals surface area (Å²) < 4.78 is 11.2. The van der Waals surface area contributed by atoms with E-state index >= 15 is 0 Å². The Morgan fingerprint density at radius 2 is 1.59 bits per heavy atom. The van der Waals surface area contributed by atoms with Gasteiger partial charge in [-0.05, 0) is 65.9 Å². The zero-order valence-electron chi connectivity index (χ0n) is 22.8. The molecule has 2 saturated heterocycles. The molecule has 0 bridgehead atoms. The number of aliphatic hydroxyl groups is 1. The lowest BCUT2D eigenvalue weighted by atomic mass is 9.98. The van der Waals surface area contributed by atoms with E-state index in [1.165, 1.54) is 19.3 Å². The van der Waals surface area contributed by atoms with Crippen molar-refractivity contribution in [2.75, 3.05) is 19.6 Å². The number of likely N-dealkylation sites (tertiary alicyclic amines) is 1.